The van der Waals surface area contributed by atoms with Crippen LogP contribution in [-0.4, -0.2) is 13.7 Å². The van der Waals surface area contributed by atoms with Crippen molar-refractivity contribution in [2.24, 2.45) is 0 Å². The van der Waals surface area contributed by atoms with Crippen molar-refractivity contribution in [2.75, 3.05) is 19.5 Å². The first-order chi connectivity index (χ1) is 9.27. The van der Waals surface area contributed by atoms with Crippen LogP contribution in [0.2, 0.25) is 0 Å². The Morgan fingerprint density at radius 2 is 1.68 bits per heavy atom. The normalized spacial score (nSPS) is 10.6. The Hall–Kier alpha value is -1.32. The van der Waals surface area contributed by atoms with Crippen LogP contribution in [0.5, 0.6) is 0 Å². The molecule has 0 spiro atoms. The molecule has 0 radical (unpaired) electrons. The van der Waals surface area contributed by atoms with Crippen LogP contribution in [0.15, 0.2) is 42.5 Å². The Morgan fingerprint density at radius 1 is 1.00 bits per heavy atom. The highest BCUT2D eigenvalue weighted by Gasteiger charge is 2.09. The largest absolute Gasteiger partial charge is 0.398 e. The number of halogens is 1. The summed E-state index contributed by atoms with van der Waals surface area (Å²) in [7, 11) is 1.71. The molecular weight excluding hydrogens is 302 g/mol. The Labute approximate surface area is 122 Å². The van der Waals surface area contributed by atoms with Gasteiger partial charge in [0.25, 0.3) is 0 Å². The quantitative estimate of drug-likeness (QED) is 0.667. The third-order valence-corrected chi connectivity index (χ3v) is 3.83. The third kappa shape index (κ3) is 3.17. The van der Waals surface area contributed by atoms with Crippen LogP contribution in [0, 0.1) is 0 Å². The number of ether oxygens (including phenoxy) is 1. The zero-order valence-electron chi connectivity index (χ0n) is 11.0. The van der Waals surface area contributed by atoms with Gasteiger partial charge in [0.15, 0.2) is 0 Å². The van der Waals surface area contributed by atoms with Crippen molar-refractivity contribution in [3.05, 3.63) is 53.6 Å². The Balaban J connectivity index is 2.44. The average molecular weight is 320 g/mol. The molecule has 0 aliphatic rings. The molecule has 0 saturated heterocycles. The minimum absolute atomic E-state index is 0.688. The highest BCUT2D eigenvalue weighted by atomic mass is 79.9. The Bertz CT molecular complexity index is 554. The van der Waals surface area contributed by atoms with Gasteiger partial charge in [-0.25, -0.2) is 0 Å². The molecular formula is C16H18BrNO. The number of rotatable bonds is 5. The van der Waals surface area contributed by atoms with E-state index in [9.17, 15) is 0 Å². The lowest BCUT2D eigenvalue weighted by molar-refractivity contribution is 0.202. The predicted molar refractivity (Wildman–Crippen MR) is 84.5 cm³/mol. The smallest absolute Gasteiger partial charge is 0.0503 e. The molecule has 0 atom stereocenters. The van der Waals surface area contributed by atoms with Gasteiger partial charge in [0.2, 0.25) is 0 Å². The summed E-state index contributed by atoms with van der Waals surface area (Å²) in [6, 6.07) is 14.5. The zero-order chi connectivity index (χ0) is 13.7. The van der Waals surface area contributed by atoms with Crippen LogP contribution in [0.3, 0.4) is 0 Å². The minimum Gasteiger partial charge on any atom is -0.398 e. The molecule has 0 aliphatic heterocycles. The summed E-state index contributed by atoms with van der Waals surface area (Å²) in [6.07, 6.45) is 0.840. The highest BCUT2D eigenvalue weighted by Crippen LogP contribution is 2.32. The summed E-state index contributed by atoms with van der Waals surface area (Å²) in [6.45, 7) is 0.688. The monoisotopic (exact) mass is 319 g/mol. The maximum atomic E-state index is 6.31. The van der Waals surface area contributed by atoms with Crippen LogP contribution in [0.4, 0.5) is 5.69 Å². The lowest BCUT2D eigenvalue weighted by Gasteiger charge is -2.13. The van der Waals surface area contributed by atoms with E-state index in [0.29, 0.717) is 6.61 Å². The number of methoxy groups -OCH3 is 1. The Morgan fingerprint density at radius 3 is 2.42 bits per heavy atom. The van der Waals surface area contributed by atoms with Gasteiger partial charge in [0.05, 0.1) is 6.61 Å². The first-order valence-corrected chi connectivity index (χ1v) is 7.40. The molecule has 2 nitrogen and oxygen atoms in total. The van der Waals surface area contributed by atoms with Crippen molar-refractivity contribution in [1.29, 1.82) is 0 Å². The highest BCUT2D eigenvalue weighted by molar-refractivity contribution is 9.08. The molecule has 0 bridgehead atoms. The van der Waals surface area contributed by atoms with Crippen LogP contribution in [0.1, 0.15) is 11.1 Å². The molecule has 2 aromatic rings. The molecule has 2 rings (SSSR count). The first-order valence-electron chi connectivity index (χ1n) is 6.28. The fourth-order valence-corrected chi connectivity index (χ4v) is 2.67. The molecule has 0 amide bonds. The molecule has 0 unspecified atom stereocenters. The fraction of sp³-hybridized carbons (Fsp3) is 0.250. The van der Waals surface area contributed by atoms with Crippen LogP contribution in [-0.2, 0) is 16.5 Å². The minimum atomic E-state index is 0.688. The first kappa shape index (κ1) is 14.1. The van der Waals surface area contributed by atoms with Gasteiger partial charge in [0.1, 0.15) is 0 Å². The second-order valence-electron chi connectivity index (χ2n) is 4.41. The van der Waals surface area contributed by atoms with Crippen molar-refractivity contribution in [3.8, 4) is 11.1 Å². The topological polar surface area (TPSA) is 35.2 Å². The van der Waals surface area contributed by atoms with Gasteiger partial charge in [-0.2, -0.15) is 0 Å². The summed E-state index contributed by atoms with van der Waals surface area (Å²) >= 11 is 3.53. The van der Waals surface area contributed by atoms with Crippen molar-refractivity contribution >= 4 is 21.6 Å². The van der Waals surface area contributed by atoms with E-state index >= 15 is 0 Å². The van der Waals surface area contributed by atoms with Gasteiger partial charge < -0.3 is 10.5 Å². The second kappa shape index (κ2) is 6.73. The van der Waals surface area contributed by atoms with Crippen LogP contribution in [0.25, 0.3) is 11.1 Å². The van der Waals surface area contributed by atoms with Gasteiger partial charge in [-0.3, -0.25) is 0 Å². The van der Waals surface area contributed by atoms with Crippen molar-refractivity contribution in [1.82, 2.24) is 0 Å². The average Bonchev–Trinajstić information content (AvgIpc) is 2.46. The fourth-order valence-electron chi connectivity index (χ4n) is 2.18. The van der Waals surface area contributed by atoms with E-state index in [2.05, 4.69) is 46.3 Å². The molecule has 0 saturated carbocycles. The summed E-state index contributed by atoms with van der Waals surface area (Å²) in [5.41, 5.74) is 11.8. The molecule has 2 N–H and O–H groups in total. The zero-order valence-corrected chi connectivity index (χ0v) is 12.6. The molecule has 19 heavy (non-hydrogen) atoms. The number of anilines is 1. The maximum absolute atomic E-state index is 6.31. The molecule has 0 aliphatic carbocycles. The lowest BCUT2D eigenvalue weighted by atomic mass is 9.96. The SMILES string of the molecule is COCCc1cccc(-c2ccccc2CBr)c1N. The number of alkyl halides is 1. The van der Waals surface area contributed by atoms with Gasteiger partial charge in [-0.05, 0) is 23.1 Å². The van der Waals surface area contributed by atoms with Gasteiger partial charge >= 0.3 is 0 Å². The second-order valence-corrected chi connectivity index (χ2v) is 4.97. The summed E-state index contributed by atoms with van der Waals surface area (Å²) in [5, 5.41) is 0.824. The standard InChI is InChI=1S/C16H18BrNO/c1-19-10-9-12-6-4-8-15(16(12)18)14-7-3-2-5-13(14)11-17/h2-8H,9-11,18H2,1H3. The number of nitrogen functional groups attached to an aromatic ring is 1. The number of para-hydroxylation sites is 1. The van der Waals surface area contributed by atoms with E-state index in [4.69, 9.17) is 10.5 Å². The predicted octanol–water partition coefficient (Wildman–Crippen LogP) is 4.02. The van der Waals surface area contributed by atoms with Gasteiger partial charge in [-0.15, -0.1) is 0 Å². The van der Waals surface area contributed by atoms with Gasteiger partial charge in [0, 0.05) is 23.7 Å². The van der Waals surface area contributed by atoms with E-state index in [1.54, 1.807) is 7.11 Å². The summed E-state index contributed by atoms with van der Waals surface area (Å²) in [5.74, 6) is 0. The van der Waals surface area contributed by atoms with Crippen LogP contribution < -0.4 is 5.73 Å². The maximum Gasteiger partial charge on any atom is 0.0503 e. The number of nitrogens with two attached hydrogens (primary N) is 1. The third-order valence-electron chi connectivity index (χ3n) is 3.22. The van der Waals surface area contributed by atoms with Crippen LogP contribution >= 0.6 is 15.9 Å². The van der Waals surface area contributed by atoms with E-state index < -0.39 is 0 Å². The van der Waals surface area contributed by atoms with E-state index in [1.165, 1.54) is 11.1 Å². The molecule has 100 valence electrons. The number of hydrogen-bond donors (Lipinski definition) is 1. The van der Waals surface area contributed by atoms with Gasteiger partial charge in [-0.1, -0.05) is 58.4 Å². The molecule has 0 fully saturated rings. The Kier molecular flexibility index (Phi) is 5.00. The van der Waals surface area contributed by atoms with E-state index in [-0.39, 0.29) is 0 Å². The van der Waals surface area contributed by atoms with E-state index in [1.807, 2.05) is 12.1 Å². The molecule has 0 heterocycles. The molecule has 0 aromatic heterocycles. The van der Waals surface area contributed by atoms with Crippen molar-refractivity contribution in [3.63, 3.8) is 0 Å². The lowest BCUT2D eigenvalue weighted by Crippen LogP contribution is -2.01. The number of hydrogen-bond acceptors (Lipinski definition) is 2. The van der Waals surface area contributed by atoms with E-state index in [0.717, 1.165) is 28.6 Å². The molecule has 3 heteroatoms. The van der Waals surface area contributed by atoms with Crippen molar-refractivity contribution in [2.45, 2.75) is 11.8 Å². The molecule has 2 aromatic carbocycles. The number of benzene rings is 2. The summed E-state index contributed by atoms with van der Waals surface area (Å²) < 4.78 is 5.13. The van der Waals surface area contributed by atoms with Crippen molar-refractivity contribution < 1.29 is 4.74 Å². The summed E-state index contributed by atoms with van der Waals surface area (Å²) in [4.78, 5) is 0.